The van der Waals surface area contributed by atoms with Crippen molar-refractivity contribution in [3.63, 3.8) is 0 Å². The lowest BCUT2D eigenvalue weighted by molar-refractivity contribution is 0.101. The highest BCUT2D eigenvalue weighted by atomic mass is 16.5. The maximum Gasteiger partial charge on any atom is 0.0576 e. The van der Waals surface area contributed by atoms with Crippen molar-refractivity contribution in [3.8, 4) is 0 Å². The molecule has 0 radical (unpaired) electrons. The van der Waals surface area contributed by atoms with Gasteiger partial charge < -0.3 is 10.1 Å². The molecule has 19 heavy (non-hydrogen) atoms. The van der Waals surface area contributed by atoms with E-state index >= 15 is 0 Å². The van der Waals surface area contributed by atoms with Crippen LogP contribution in [0.15, 0.2) is 12.3 Å². The summed E-state index contributed by atoms with van der Waals surface area (Å²) in [5.74, 6) is 0. The molecule has 4 heteroatoms. The molecule has 0 aliphatic carbocycles. The predicted octanol–water partition coefficient (Wildman–Crippen LogP) is 2.73. The molecular weight excluding hydrogens is 238 g/mol. The average Bonchev–Trinajstić information content (AvgIpc) is 2.96. The van der Waals surface area contributed by atoms with Gasteiger partial charge in [0.05, 0.1) is 11.8 Å². The van der Waals surface area contributed by atoms with Gasteiger partial charge in [0.1, 0.15) is 0 Å². The van der Waals surface area contributed by atoms with Crippen LogP contribution in [0.25, 0.3) is 0 Å². The van der Waals surface area contributed by atoms with Gasteiger partial charge in [-0.3, -0.25) is 4.68 Å². The van der Waals surface area contributed by atoms with Gasteiger partial charge in [-0.15, -0.1) is 0 Å². The molecule has 1 unspecified atom stereocenters. The van der Waals surface area contributed by atoms with Gasteiger partial charge in [-0.25, -0.2) is 0 Å². The van der Waals surface area contributed by atoms with Crippen LogP contribution in [0.2, 0.25) is 0 Å². The molecule has 1 aliphatic heterocycles. The van der Waals surface area contributed by atoms with E-state index in [1.807, 2.05) is 6.20 Å². The maximum atomic E-state index is 5.65. The summed E-state index contributed by atoms with van der Waals surface area (Å²) in [5.41, 5.74) is 1.41. The molecule has 108 valence electrons. The Morgan fingerprint density at radius 2 is 2.32 bits per heavy atom. The summed E-state index contributed by atoms with van der Waals surface area (Å²) < 4.78 is 7.77. The number of ether oxygens (including phenoxy) is 1. The van der Waals surface area contributed by atoms with Crippen LogP contribution >= 0.6 is 0 Å². The van der Waals surface area contributed by atoms with Crippen LogP contribution in [-0.4, -0.2) is 28.0 Å². The zero-order chi connectivity index (χ0) is 13.7. The summed E-state index contributed by atoms with van der Waals surface area (Å²) in [7, 11) is 0. The molecule has 0 bridgehead atoms. The molecular formula is C15H27N3O. The third-order valence-corrected chi connectivity index (χ3v) is 3.52. The predicted molar refractivity (Wildman–Crippen MR) is 77.0 cm³/mol. The van der Waals surface area contributed by atoms with E-state index in [0.29, 0.717) is 6.10 Å². The van der Waals surface area contributed by atoms with E-state index in [0.717, 1.165) is 32.5 Å². The summed E-state index contributed by atoms with van der Waals surface area (Å²) in [4.78, 5) is 0. The Morgan fingerprint density at radius 3 is 3.00 bits per heavy atom. The average molecular weight is 265 g/mol. The maximum absolute atomic E-state index is 5.65. The van der Waals surface area contributed by atoms with E-state index in [2.05, 4.69) is 41.9 Å². The third kappa shape index (κ3) is 4.96. The molecule has 0 aromatic carbocycles. The second kappa shape index (κ2) is 6.53. The van der Waals surface area contributed by atoms with Crippen LogP contribution in [0.3, 0.4) is 0 Å². The number of nitrogens with one attached hydrogen (secondary N) is 1. The van der Waals surface area contributed by atoms with E-state index in [4.69, 9.17) is 4.74 Å². The SMILES string of the molecule is CC(C)(C)NCc1ccnn1CCCC1CCCO1. The minimum Gasteiger partial charge on any atom is -0.378 e. The molecule has 1 atom stereocenters. The van der Waals surface area contributed by atoms with Gasteiger partial charge in [-0.05, 0) is 52.5 Å². The minimum atomic E-state index is 0.146. The van der Waals surface area contributed by atoms with Crippen LogP contribution in [0.4, 0.5) is 0 Å². The Morgan fingerprint density at radius 1 is 1.47 bits per heavy atom. The van der Waals surface area contributed by atoms with Crippen molar-refractivity contribution in [1.29, 1.82) is 0 Å². The molecule has 1 fully saturated rings. The van der Waals surface area contributed by atoms with E-state index < -0.39 is 0 Å². The number of rotatable bonds is 6. The fourth-order valence-electron chi connectivity index (χ4n) is 2.41. The van der Waals surface area contributed by atoms with Gasteiger partial charge in [0, 0.05) is 31.4 Å². The lowest BCUT2D eigenvalue weighted by Gasteiger charge is -2.21. The molecule has 4 nitrogen and oxygen atoms in total. The lowest BCUT2D eigenvalue weighted by atomic mass is 10.1. The number of aromatic nitrogens is 2. The third-order valence-electron chi connectivity index (χ3n) is 3.52. The van der Waals surface area contributed by atoms with Crippen molar-refractivity contribution in [2.45, 2.75) is 71.2 Å². The molecule has 1 aliphatic rings. The van der Waals surface area contributed by atoms with Crippen LogP contribution in [0, 0.1) is 0 Å². The first-order valence-corrected chi connectivity index (χ1v) is 7.42. The van der Waals surface area contributed by atoms with Gasteiger partial charge in [0.2, 0.25) is 0 Å². The highest BCUT2D eigenvalue weighted by Crippen LogP contribution is 2.17. The molecule has 2 rings (SSSR count). The Kier molecular flexibility index (Phi) is 4.99. The van der Waals surface area contributed by atoms with Crippen molar-refractivity contribution in [1.82, 2.24) is 15.1 Å². The molecule has 0 spiro atoms. The van der Waals surface area contributed by atoms with Crippen molar-refractivity contribution < 1.29 is 4.74 Å². The summed E-state index contributed by atoms with van der Waals surface area (Å²) in [5, 5.41) is 7.93. The molecule has 1 aromatic heterocycles. The van der Waals surface area contributed by atoms with Gasteiger partial charge in [-0.1, -0.05) is 0 Å². The molecule has 1 aromatic rings. The Bertz CT molecular complexity index is 375. The highest BCUT2D eigenvalue weighted by molar-refractivity contribution is 5.00. The van der Waals surface area contributed by atoms with Gasteiger partial charge in [0.25, 0.3) is 0 Å². The Labute approximate surface area is 116 Å². The van der Waals surface area contributed by atoms with Gasteiger partial charge in [0.15, 0.2) is 0 Å². The second-order valence-electron chi connectivity index (χ2n) is 6.43. The fourth-order valence-corrected chi connectivity index (χ4v) is 2.41. The summed E-state index contributed by atoms with van der Waals surface area (Å²) in [6, 6.07) is 2.10. The molecule has 1 saturated heterocycles. The normalized spacial score (nSPS) is 20.1. The van der Waals surface area contributed by atoms with Crippen LogP contribution in [0.5, 0.6) is 0 Å². The van der Waals surface area contributed by atoms with E-state index in [1.54, 1.807) is 0 Å². The summed E-state index contributed by atoms with van der Waals surface area (Å²) >= 11 is 0. The first-order valence-electron chi connectivity index (χ1n) is 7.42. The first kappa shape index (κ1) is 14.5. The van der Waals surface area contributed by atoms with Gasteiger partial charge in [-0.2, -0.15) is 5.10 Å². The second-order valence-corrected chi connectivity index (χ2v) is 6.43. The smallest absolute Gasteiger partial charge is 0.0576 e. The van der Waals surface area contributed by atoms with E-state index in [9.17, 15) is 0 Å². The van der Waals surface area contributed by atoms with Crippen LogP contribution < -0.4 is 5.32 Å². The van der Waals surface area contributed by atoms with Crippen molar-refractivity contribution >= 4 is 0 Å². The van der Waals surface area contributed by atoms with Crippen LogP contribution in [-0.2, 0) is 17.8 Å². The Hall–Kier alpha value is -0.870. The molecule has 0 amide bonds. The number of hydrogen-bond donors (Lipinski definition) is 1. The highest BCUT2D eigenvalue weighted by Gasteiger charge is 2.15. The summed E-state index contributed by atoms with van der Waals surface area (Å²) in [6.45, 7) is 9.38. The monoisotopic (exact) mass is 265 g/mol. The zero-order valence-corrected chi connectivity index (χ0v) is 12.5. The van der Waals surface area contributed by atoms with Gasteiger partial charge >= 0.3 is 0 Å². The van der Waals surface area contributed by atoms with Crippen molar-refractivity contribution in [2.75, 3.05) is 6.61 Å². The van der Waals surface area contributed by atoms with Crippen LogP contribution in [0.1, 0.15) is 52.1 Å². The number of nitrogens with zero attached hydrogens (tertiary/aromatic N) is 2. The number of hydrogen-bond acceptors (Lipinski definition) is 3. The van der Waals surface area contributed by atoms with E-state index in [1.165, 1.54) is 18.5 Å². The van der Waals surface area contributed by atoms with E-state index in [-0.39, 0.29) is 5.54 Å². The molecule has 1 N–H and O–H groups in total. The number of aryl methyl sites for hydroxylation is 1. The minimum absolute atomic E-state index is 0.146. The largest absolute Gasteiger partial charge is 0.378 e. The quantitative estimate of drug-likeness (QED) is 0.859. The van der Waals surface area contributed by atoms with Crippen molar-refractivity contribution in [3.05, 3.63) is 18.0 Å². The lowest BCUT2D eigenvalue weighted by Crippen LogP contribution is -2.35. The summed E-state index contributed by atoms with van der Waals surface area (Å²) in [6.07, 6.45) is 7.16. The molecule has 2 heterocycles. The standard InChI is InChI=1S/C15H27N3O/c1-15(2,3)16-12-13-8-9-17-18(13)10-4-6-14-7-5-11-19-14/h8-9,14,16H,4-7,10-12H2,1-3H3. The first-order chi connectivity index (χ1) is 9.04. The zero-order valence-electron chi connectivity index (χ0n) is 12.5. The topological polar surface area (TPSA) is 39.1 Å². The fraction of sp³-hybridized carbons (Fsp3) is 0.800. The van der Waals surface area contributed by atoms with Crippen molar-refractivity contribution in [2.24, 2.45) is 0 Å². The molecule has 0 saturated carbocycles. The Balaban J connectivity index is 1.75.